The average Bonchev–Trinajstić information content (AvgIpc) is 2.19. The highest BCUT2D eigenvalue weighted by Gasteiger charge is 2.46. The van der Waals surface area contributed by atoms with Crippen molar-refractivity contribution in [1.29, 1.82) is 0 Å². The molecule has 2 rings (SSSR count). The summed E-state index contributed by atoms with van der Waals surface area (Å²) in [5.74, 6) is 0.264. The molecule has 2 unspecified atom stereocenters. The molecule has 0 aromatic carbocycles. The van der Waals surface area contributed by atoms with Gasteiger partial charge in [-0.3, -0.25) is 4.79 Å². The smallest absolute Gasteiger partial charge is 0.148 e. The van der Waals surface area contributed by atoms with Gasteiger partial charge in [-0.2, -0.15) is 0 Å². The van der Waals surface area contributed by atoms with E-state index < -0.39 is 5.60 Å². The van der Waals surface area contributed by atoms with Crippen molar-refractivity contribution in [2.24, 2.45) is 5.92 Å². The van der Waals surface area contributed by atoms with Crippen LogP contribution in [0.5, 0.6) is 0 Å². The van der Waals surface area contributed by atoms with Crippen LogP contribution in [0.15, 0.2) is 11.6 Å². The molecule has 0 saturated heterocycles. The molecule has 1 N–H and O–H groups in total. The van der Waals surface area contributed by atoms with Gasteiger partial charge in [0.2, 0.25) is 0 Å². The molecule has 66 valence electrons. The maximum Gasteiger partial charge on any atom is 0.148 e. The van der Waals surface area contributed by atoms with Crippen molar-refractivity contribution in [1.82, 2.24) is 0 Å². The lowest BCUT2D eigenvalue weighted by Crippen LogP contribution is -2.46. The predicted molar refractivity (Wildman–Crippen MR) is 45.7 cm³/mol. The quantitative estimate of drug-likeness (QED) is 0.598. The summed E-state index contributed by atoms with van der Waals surface area (Å²) in [6.07, 6.45) is 8.00. The number of hydrogen-bond acceptors (Lipinski definition) is 2. The van der Waals surface area contributed by atoms with Crippen molar-refractivity contribution in [3.8, 4) is 0 Å². The van der Waals surface area contributed by atoms with Crippen LogP contribution in [0.2, 0.25) is 0 Å². The molecule has 2 heteroatoms. The van der Waals surface area contributed by atoms with E-state index in [0.717, 1.165) is 25.5 Å². The summed E-state index contributed by atoms with van der Waals surface area (Å²) >= 11 is 0. The van der Waals surface area contributed by atoms with Crippen molar-refractivity contribution in [3.05, 3.63) is 11.6 Å². The topological polar surface area (TPSA) is 37.3 Å². The zero-order valence-electron chi connectivity index (χ0n) is 7.12. The number of hydrogen-bond donors (Lipinski definition) is 1. The molecule has 0 spiro atoms. The summed E-state index contributed by atoms with van der Waals surface area (Å²) < 4.78 is 0. The zero-order chi connectivity index (χ0) is 8.60. The van der Waals surface area contributed by atoms with Crippen molar-refractivity contribution >= 4 is 6.29 Å². The van der Waals surface area contributed by atoms with Gasteiger partial charge in [-0.1, -0.05) is 25.3 Å². The van der Waals surface area contributed by atoms with Gasteiger partial charge in [-0.05, 0) is 12.8 Å². The first-order valence-electron chi connectivity index (χ1n) is 4.67. The Balaban J connectivity index is 2.20. The molecule has 0 amide bonds. The highest BCUT2D eigenvalue weighted by molar-refractivity contribution is 5.79. The third-order valence-corrected chi connectivity index (χ3v) is 3.19. The summed E-state index contributed by atoms with van der Waals surface area (Å²) in [7, 11) is 0. The number of rotatable bonds is 1. The van der Waals surface area contributed by atoms with Gasteiger partial charge in [-0.25, -0.2) is 0 Å². The Morgan fingerprint density at radius 2 is 2.33 bits per heavy atom. The van der Waals surface area contributed by atoms with E-state index in [0.29, 0.717) is 5.57 Å². The molecular weight excluding hydrogens is 152 g/mol. The summed E-state index contributed by atoms with van der Waals surface area (Å²) in [6, 6.07) is 0. The van der Waals surface area contributed by atoms with E-state index in [-0.39, 0.29) is 5.92 Å². The normalized spacial score (nSPS) is 40.4. The van der Waals surface area contributed by atoms with Gasteiger partial charge >= 0.3 is 0 Å². The second kappa shape index (κ2) is 2.70. The first kappa shape index (κ1) is 7.99. The van der Waals surface area contributed by atoms with Crippen molar-refractivity contribution < 1.29 is 9.90 Å². The first-order valence-corrected chi connectivity index (χ1v) is 4.67. The number of carbonyl (C=O) groups excluding carboxylic acids is 1. The molecule has 2 aliphatic carbocycles. The lowest BCUT2D eigenvalue weighted by Gasteiger charge is -2.41. The molecule has 0 bridgehead atoms. The molecule has 0 aromatic heterocycles. The van der Waals surface area contributed by atoms with Crippen LogP contribution in [-0.2, 0) is 4.79 Å². The molecule has 2 nitrogen and oxygen atoms in total. The molecule has 1 saturated carbocycles. The second-order valence-electron chi connectivity index (χ2n) is 3.87. The van der Waals surface area contributed by atoms with Gasteiger partial charge < -0.3 is 5.11 Å². The molecule has 12 heavy (non-hydrogen) atoms. The molecule has 2 atom stereocenters. The number of aliphatic hydroxyl groups is 1. The Bertz CT molecular complexity index is 232. The lowest BCUT2D eigenvalue weighted by atomic mass is 9.68. The Morgan fingerprint density at radius 3 is 3.08 bits per heavy atom. The SMILES string of the molecule is O=CC1=CC2CCCCCC12O. The van der Waals surface area contributed by atoms with E-state index in [4.69, 9.17) is 0 Å². The van der Waals surface area contributed by atoms with Gasteiger partial charge in [0.15, 0.2) is 0 Å². The van der Waals surface area contributed by atoms with E-state index >= 15 is 0 Å². The summed E-state index contributed by atoms with van der Waals surface area (Å²) in [6.45, 7) is 0. The average molecular weight is 166 g/mol. The molecule has 0 aliphatic heterocycles. The van der Waals surface area contributed by atoms with Crippen LogP contribution < -0.4 is 0 Å². The van der Waals surface area contributed by atoms with Gasteiger partial charge in [0.05, 0.1) is 5.60 Å². The predicted octanol–water partition coefficient (Wildman–Crippen LogP) is 1.44. The largest absolute Gasteiger partial charge is 0.384 e. The van der Waals surface area contributed by atoms with Crippen LogP contribution in [0.4, 0.5) is 0 Å². The highest BCUT2D eigenvalue weighted by Crippen LogP contribution is 2.45. The third kappa shape index (κ3) is 0.944. The van der Waals surface area contributed by atoms with Crippen molar-refractivity contribution in [2.45, 2.75) is 37.7 Å². The number of fused-ring (bicyclic) bond motifs is 1. The summed E-state index contributed by atoms with van der Waals surface area (Å²) in [5, 5.41) is 10.1. The van der Waals surface area contributed by atoms with Crippen LogP contribution in [0.1, 0.15) is 32.1 Å². The molecule has 0 radical (unpaired) electrons. The summed E-state index contributed by atoms with van der Waals surface area (Å²) in [4.78, 5) is 10.5. The number of carbonyl (C=O) groups is 1. The maximum absolute atomic E-state index is 10.5. The number of aldehydes is 1. The van der Waals surface area contributed by atoms with Crippen molar-refractivity contribution in [3.63, 3.8) is 0 Å². The fourth-order valence-corrected chi connectivity index (χ4v) is 2.35. The van der Waals surface area contributed by atoms with Gasteiger partial charge in [0.25, 0.3) is 0 Å². The minimum atomic E-state index is -0.738. The van der Waals surface area contributed by atoms with Crippen LogP contribution >= 0.6 is 0 Å². The van der Waals surface area contributed by atoms with E-state index in [1.165, 1.54) is 12.8 Å². The molecule has 0 heterocycles. The first-order chi connectivity index (χ1) is 5.77. The Labute approximate surface area is 72.3 Å². The standard InChI is InChI=1S/C10H14O2/c11-7-9-6-8-4-2-1-3-5-10(8,9)12/h6-8,12H,1-5H2. The van der Waals surface area contributed by atoms with Gasteiger partial charge in [0, 0.05) is 11.5 Å². The van der Waals surface area contributed by atoms with Crippen molar-refractivity contribution in [2.75, 3.05) is 0 Å². The fourth-order valence-electron chi connectivity index (χ4n) is 2.35. The van der Waals surface area contributed by atoms with E-state index in [1.807, 2.05) is 6.08 Å². The molecular formula is C10H14O2. The van der Waals surface area contributed by atoms with Crippen LogP contribution in [0.3, 0.4) is 0 Å². The monoisotopic (exact) mass is 166 g/mol. The van der Waals surface area contributed by atoms with Crippen LogP contribution in [0.25, 0.3) is 0 Å². The maximum atomic E-state index is 10.5. The van der Waals surface area contributed by atoms with E-state index in [2.05, 4.69) is 0 Å². The molecule has 2 aliphatic rings. The molecule has 1 fully saturated rings. The van der Waals surface area contributed by atoms with Gasteiger partial charge in [0.1, 0.15) is 6.29 Å². The van der Waals surface area contributed by atoms with Crippen LogP contribution in [0, 0.1) is 5.92 Å². The van der Waals surface area contributed by atoms with Gasteiger partial charge in [-0.15, -0.1) is 0 Å². The highest BCUT2D eigenvalue weighted by atomic mass is 16.3. The third-order valence-electron chi connectivity index (χ3n) is 3.19. The Hall–Kier alpha value is -0.630. The second-order valence-corrected chi connectivity index (χ2v) is 3.87. The zero-order valence-corrected chi connectivity index (χ0v) is 7.12. The Kier molecular flexibility index (Phi) is 1.80. The summed E-state index contributed by atoms with van der Waals surface area (Å²) in [5.41, 5.74) is -0.118. The van der Waals surface area contributed by atoms with E-state index in [9.17, 15) is 9.90 Å². The van der Waals surface area contributed by atoms with E-state index in [1.54, 1.807) is 0 Å². The lowest BCUT2D eigenvalue weighted by molar-refractivity contribution is -0.109. The fraction of sp³-hybridized carbons (Fsp3) is 0.700. The molecule has 0 aromatic rings. The minimum Gasteiger partial charge on any atom is -0.384 e. The minimum absolute atomic E-state index is 0.264. The van der Waals surface area contributed by atoms with Crippen LogP contribution in [-0.4, -0.2) is 17.0 Å². The Morgan fingerprint density at radius 1 is 1.50 bits per heavy atom.